The Hall–Kier alpha value is -4.00. The number of aromatic amines is 1. The van der Waals surface area contributed by atoms with E-state index in [4.69, 9.17) is 4.74 Å². The minimum Gasteiger partial charge on any atom is -0.442 e. The van der Waals surface area contributed by atoms with Gasteiger partial charge in [0, 0.05) is 16.6 Å². The van der Waals surface area contributed by atoms with Crippen LogP contribution in [-0.4, -0.2) is 22.1 Å². The molecular weight excluding hydrogens is 373 g/mol. The number of hydrogen-bond acceptors (Lipinski definition) is 4. The molecule has 2 N–H and O–H groups in total. The van der Waals surface area contributed by atoms with Gasteiger partial charge in [0.25, 0.3) is 5.91 Å². The second-order valence-electron chi connectivity index (χ2n) is 6.31. The maximum Gasteiger partial charge on any atom is 0.360 e. The number of amides is 1. The van der Waals surface area contributed by atoms with Gasteiger partial charge >= 0.3 is 5.97 Å². The summed E-state index contributed by atoms with van der Waals surface area (Å²) in [5, 5.41) is 10.0. The molecule has 0 spiro atoms. The lowest BCUT2D eigenvalue weighted by Gasteiger charge is -2.17. The second kappa shape index (κ2) is 7.93. The third-order valence-corrected chi connectivity index (χ3v) is 4.34. The van der Waals surface area contributed by atoms with Gasteiger partial charge in [0.05, 0.1) is 5.52 Å². The molecule has 7 heteroatoms. The van der Waals surface area contributed by atoms with Crippen LogP contribution < -0.4 is 5.32 Å². The number of carbonyl (C=O) groups is 2. The number of aromatic nitrogens is 2. The van der Waals surface area contributed by atoms with Gasteiger partial charge in [0.15, 0.2) is 5.69 Å². The zero-order valence-electron chi connectivity index (χ0n) is 15.1. The van der Waals surface area contributed by atoms with Crippen LogP contribution in [0.5, 0.6) is 0 Å². The Morgan fingerprint density at radius 3 is 2.38 bits per heavy atom. The van der Waals surface area contributed by atoms with Gasteiger partial charge in [-0.2, -0.15) is 5.10 Å². The standard InChI is InChI=1S/C22H16FN3O3/c23-15-10-12-16(13-11-15)24-21(27)20(14-6-2-1-3-7-14)29-22(28)19-17-8-4-5-9-18(17)25-26-19/h1-13,20H,(H,24,27)(H,25,26)/t20-/m0/s1. The fraction of sp³-hybridized carbons (Fsp3) is 0.0455. The van der Waals surface area contributed by atoms with Crippen LogP contribution in [0.25, 0.3) is 10.9 Å². The lowest BCUT2D eigenvalue weighted by molar-refractivity contribution is -0.125. The number of hydrogen-bond donors (Lipinski definition) is 2. The molecule has 0 aliphatic heterocycles. The van der Waals surface area contributed by atoms with Crippen LogP contribution in [-0.2, 0) is 9.53 Å². The lowest BCUT2D eigenvalue weighted by Crippen LogP contribution is -2.26. The predicted octanol–water partition coefficient (Wildman–Crippen LogP) is 4.24. The number of nitrogens with zero attached hydrogens (tertiary/aromatic N) is 1. The Kier molecular flexibility index (Phi) is 5.03. The summed E-state index contributed by atoms with van der Waals surface area (Å²) in [4.78, 5) is 25.6. The molecule has 0 saturated heterocycles. The first-order chi connectivity index (χ1) is 14.1. The smallest absolute Gasteiger partial charge is 0.360 e. The summed E-state index contributed by atoms with van der Waals surface area (Å²) in [6, 6.07) is 21.1. The molecule has 1 atom stereocenters. The first kappa shape index (κ1) is 18.4. The lowest BCUT2D eigenvalue weighted by atomic mass is 10.1. The van der Waals surface area contributed by atoms with Gasteiger partial charge in [0.2, 0.25) is 6.10 Å². The molecule has 0 unspecified atom stereocenters. The third-order valence-electron chi connectivity index (χ3n) is 4.34. The third kappa shape index (κ3) is 3.98. The van der Waals surface area contributed by atoms with Crippen LogP contribution >= 0.6 is 0 Å². The average Bonchev–Trinajstić information content (AvgIpc) is 3.18. The van der Waals surface area contributed by atoms with Crippen LogP contribution in [0.15, 0.2) is 78.9 Å². The largest absolute Gasteiger partial charge is 0.442 e. The van der Waals surface area contributed by atoms with Crippen molar-refractivity contribution in [1.82, 2.24) is 10.2 Å². The quantitative estimate of drug-likeness (QED) is 0.500. The maximum absolute atomic E-state index is 13.1. The number of rotatable bonds is 5. The number of nitrogens with one attached hydrogen (secondary N) is 2. The van der Waals surface area contributed by atoms with Crippen molar-refractivity contribution in [2.24, 2.45) is 0 Å². The van der Waals surface area contributed by atoms with Gasteiger partial charge in [-0.05, 0) is 30.3 Å². The minimum absolute atomic E-state index is 0.0936. The summed E-state index contributed by atoms with van der Waals surface area (Å²) >= 11 is 0. The average molecular weight is 389 g/mol. The highest BCUT2D eigenvalue weighted by atomic mass is 19.1. The number of ether oxygens (including phenoxy) is 1. The molecular formula is C22H16FN3O3. The van der Waals surface area contributed by atoms with Gasteiger partial charge in [0.1, 0.15) is 5.82 Å². The van der Waals surface area contributed by atoms with E-state index in [0.29, 0.717) is 22.2 Å². The molecule has 1 heterocycles. The zero-order valence-corrected chi connectivity index (χ0v) is 15.1. The van der Waals surface area contributed by atoms with E-state index in [9.17, 15) is 14.0 Å². The van der Waals surface area contributed by atoms with Crippen molar-refractivity contribution < 1.29 is 18.7 Å². The Morgan fingerprint density at radius 2 is 1.62 bits per heavy atom. The Balaban J connectivity index is 1.61. The van der Waals surface area contributed by atoms with E-state index in [1.165, 1.54) is 24.3 Å². The van der Waals surface area contributed by atoms with Gasteiger partial charge in [-0.1, -0.05) is 48.5 Å². The van der Waals surface area contributed by atoms with Gasteiger partial charge in [-0.3, -0.25) is 9.89 Å². The fourth-order valence-electron chi connectivity index (χ4n) is 2.92. The summed E-state index contributed by atoms with van der Waals surface area (Å²) in [6.07, 6.45) is -1.20. The van der Waals surface area contributed by atoms with Crippen molar-refractivity contribution in [2.75, 3.05) is 5.32 Å². The van der Waals surface area contributed by atoms with Gasteiger partial charge in [-0.25, -0.2) is 9.18 Å². The number of esters is 1. The van der Waals surface area contributed by atoms with Crippen molar-refractivity contribution >= 4 is 28.5 Å². The first-order valence-corrected chi connectivity index (χ1v) is 8.87. The molecule has 144 valence electrons. The van der Waals surface area contributed by atoms with Crippen LogP contribution in [0.1, 0.15) is 22.2 Å². The summed E-state index contributed by atoms with van der Waals surface area (Å²) < 4.78 is 18.7. The molecule has 29 heavy (non-hydrogen) atoms. The number of fused-ring (bicyclic) bond motifs is 1. The Morgan fingerprint density at radius 1 is 0.931 bits per heavy atom. The summed E-state index contributed by atoms with van der Waals surface area (Å²) in [6.45, 7) is 0. The van der Waals surface area contributed by atoms with Crippen molar-refractivity contribution in [3.8, 4) is 0 Å². The van der Waals surface area contributed by atoms with Gasteiger partial charge in [-0.15, -0.1) is 0 Å². The minimum atomic E-state index is -1.20. The molecule has 1 aromatic heterocycles. The Labute approximate surface area is 165 Å². The molecule has 4 aromatic rings. The second-order valence-corrected chi connectivity index (χ2v) is 6.31. The number of H-pyrrole nitrogens is 1. The number of halogens is 1. The van der Waals surface area contributed by atoms with Crippen LogP contribution in [0.4, 0.5) is 10.1 Å². The Bertz CT molecular complexity index is 1160. The van der Waals surface area contributed by atoms with E-state index in [1.54, 1.807) is 48.5 Å². The van der Waals surface area contributed by atoms with E-state index < -0.39 is 23.8 Å². The fourth-order valence-corrected chi connectivity index (χ4v) is 2.92. The highest BCUT2D eigenvalue weighted by Gasteiger charge is 2.27. The molecule has 6 nitrogen and oxygen atoms in total. The van der Waals surface area contributed by atoms with Crippen molar-refractivity contribution in [1.29, 1.82) is 0 Å². The van der Waals surface area contributed by atoms with E-state index in [0.717, 1.165) is 0 Å². The normalized spacial score (nSPS) is 11.8. The molecule has 0 saturated carbocycles. The number of para-hydroxylation sites is 1. The van der Waals surface area contributed by atoms with E-state index in [-0.39, 0.29) is 5.69 Å². The molecule has 0 radical (unpaired) electrons. The summed E-state index contributed by atoms with van der Waals surface area (Å²) in [5.74, 6) is -1.71. The zero-order chi connectivity index (χ0) is 20.2. The molecule has 4 rings (SSSR count). The van der Waals surface area contributed by atoms with Crippen molar-refractivity contribution in [2.45, 2.75) is 6.10 Å². The monoisotopic (exact) mass is 389 g/mol. The van der Waals surface area contributed by atoms with E-state index >= 15 is 0 Å². The highest BCUT2D eigenvalue weighted by molar-refractivity contribution is 6.03. The SMILES string of the molecule is O=C(O[C@H](C(=O)Nc1ccc(F)cc1)c1ccccc1)c1n[nH]c2ccccc12. The van der Waals surface area contributed by atoms with Crippen LogP contribution in [0.3, 0.4) is 0 Å². The molecule has 0 aliphatic carbocycles. The van der Waals surface area contributed by atoms with E-state index in [1.807, 2.05) is 6.07 Å². The summed E-state index contributed by atoms with van der Waals surface area (Å²) in [7, 11) is 0. The molecule has 1 amide bonds. The van der Waals surface area contributed by atoms with Crippen LogP contribution in [0.2, 0.25) is 0 Å². The summed E-state index contributed by atoms with van der Waals surface area (Å²) in [5.41, 5.74) is 1.67. The van der Waals surface area contributed by atoms with E-state index in [2.05, 4.69) is 15.5 Å². The maximum atomic E-state index is 13.1. The van der Waals surface area contributed by atoms with Gasteiger partial charge < -0.3 is 10.1 Å². The first-order valence-electron chi connectivity index (χ1n) is 8.87. The molecule has 3 aromatic carbocycles. The number of carbonyl (C=O) groups excluding carboxylic acids is 2. The predicted molar refractivity (Wildman–Crippen MR) is 106 cm³/mol. The highest BCUT2D eigenvalue weighted by Crippen LogP contribution is 2.24. The van der Waals surface area contributed by atoms with Crippen molar-refractivity contribution in [3.63, 3.8) is 0 Å². The number of benzene rings is 3. The molecule has 0 aliphatic rings. The van der Waals surface area contributed by atoms with Crippen LogP contribution in [0, 0.1) is 5.82 Å². The topological polar surface area (TPSA) is 84.1 Å². The molecule has 0 bridgehead atoms. The molecule has 0 fully saturated rings. The number of anilines is 1. The van der Waals surface area contributed by atoms with Crippen molar-refractivity contribution in [3.05, 3.63) is 95.9 Å².